The predicted octanol–water partition coefficient (Wildman–Crippen LogP) is 3.72. The molecular formula is C19H24O2Si. The van der Waals surface area contributed by atoms with E-state index in [-0.39, 0.29) is 11.9 Å². The average molecular weight is 312 g/mol. The van der Waals surface area contributed by atoms with Gasteiger partial charge in [0, 0.05) is 10.2 Å². The van der Waals surface area contributed by atoms with Crippen molar-refractivity contribution in [3.8, 4) is 5.75 Å². The van der Waals surface area contributed by atoms with E-state index in [2.05, 4.69) is 26.0 Å². The highest BCUT2D eigenvalue weighted by molar-refractivity contribution is 6.28. The number of benzene rings is 2. The number of hydrogen-bond donors (Lipinski definition) is 0. The molecule has 0 bridgehead atoms. The highest BCUT2D eigenvalue weighted by atomic mass is 28.1. The molecule has 2 aromatic rings. The van der Waals surface area contributed by atoms with Crippen molar-refractivity contribution in [2.24, 2.45) is 0 Å². The van der Waals surface area contributed by atoms with Crippen LogP contribution in [0.3, 0.4) is 0 Å². The summed E-state index contributed by atoms with van der Waals surface area (Å²) < 4.78 is 5.67. The SMILES string of the molecule is CCC(c1ccccc1)C([SiH3])(CC)C(=O)Oc1ccccc1. The van der Waals surface area contributed by atoms with Crippen molar-refractivity contribution in [3.05, 3.63) is 66.2 Å². The fourth-order valence-corrected chi connectivity index (χ4v) is 3.83. The Hall–Kier alpha value is -1.87. The zero-order valence-electron chi connectivity index (χ0n) is 13.6. The molecular weight excluding hydrogens is 288 g/mol. The van der Waals surface area contributed by atoms with Crippen LogP contribution in [0.1, 0.15) is 38.2 Å². The molecule has 0 amide bonds. The summed E-state index contributed by atoms with van der Waals surface area (Å²) in [4.78, 5) is 12.9. The minimum absolute atomic E-state index is 0.0939. The van der Waals surface area contributed by atoms with E-state index in [4.69, 9.17) is 4.74 Å². The van der Waals surface area contributed by atoms with Gasteiger partial charge in [0.25, 0.3) is 0 Å². The van der Waals surface area contributed by atoms with Gasteiger partial charge in [-0.1, -0.05) is 62.4 Å². The summed E-state index contributed by atoms with van der Waals surface area (Å²) in [6.07, 6.45) is 1.74. The minimum Gasteiger partial charge on any atom is -0.426 e. The van der Waals surface area contributed by atoms with Crippen molar-refractivity contribution < 1.29 is 9.53 Å². The van der Waals surface area contributed by atoms with Crippen molar-refractivity contribution in [2.45, 2.75) is 37.6 Å². The molecule has 2 rings (SSSR count). The Morgan fingerprint density at radius 3 is 2.09 bits per heavy atom. The first-order chi connectivity index (χ1) is 10.6. The van der Waals surface area contributed by atoms with Crippen LogP contribution in [0, 0.1) is 0 Å². The molecule has 0 aliphatic carbocycles. The number of esters is 1. The summed E-state index contributed by atoms with van der Waals surface area (Å²) in [6.45, 7) is 4.24. The predicted molar refractivity (Wildman–Crippen MR) is 94.5 cm³/mol. The van der Waals surface area contributed by atoms with Crippen LogP contribution in [0.25, 0.3) is 0 Å². The maximum absolute atomic E-state index is 12.9. The lowest BCUT2D eigenvalue weighted by molar-refractivity contribution is -0.138. The summed E-state index contributed by atoms with van der Waals surface area (Å²) in [5.41, 5.74) is 1.23. The average Bonchev–Trinajstić information content (AvgIpc) is 2.57. The topological polar surface area (TPSA) is 26.3 Å². The number of hydrogen-bond acceptors (Lipinski definition) is 2. The summed E-state index contributed by atoms with van der Waals surface area (Å²) in [5, 5.41) is -0.397. The Bertz CT molecular complexity index is 597. The molecule has 2 unspecified atom stereocenters. The van der Waals surface area contributed by atoms with E-state index in [1.807, 2.05) is 48.5 Å². The third-order valence-corrected chi connectivity index (χ3v) is 6.35. The van der Waals surface area contributed by atoms with Gasteiger partial charge in [-0.2, -0.15) is 0 Å². The monoisotopic (exact) mass is 312 g/mol. The molecule has 0 N–H and O–H groups in total. The van der Waals surface area contributed by atoms with E-state index < -0.39 is 5.04 Å². The molecule has 3 heteroatoms. The first-order valence-electron chi connectivity index (χ1n) is 7.94. The normalized spacial score (nSPS) is 15.0. The number of ether oxygens (including phenoxy) is 1. The second-order valence-electron chi connectivity index (χ2n) is 5.85. The summed E-state index contributed by atoms with van der Waals surface area (Å²) in [6, 6.07) is 19.7. The van der Waals surface area contributed by atoms with Crippen LogP contribution in [-0.2, 0) is 4.79 Å². The van der Waals surface area contributed by atoms with Crippen LogP contribution in [0.2, 0.25) is 5.04 Å². The Morgan fingerprint density at radius 1 is 1.05 bits per heavy atom. The van der Waals surface area contributed by atoms with Crippen LogP contribution in [0.5, 0.6) is 5.75 Å². The highest BCUT2D eigenvalue weighted by Gasteiger charge is 2.41. The first-order valence-corrected chi connectivity index (χ1v) is 8.94. The number of rotatable bonds is 6. The van der Waals surface area contributed by atoms with Crippen LogP contribution in [0.15, 0.2) is 60.7 Å². The molecule has 0 aromatic heterocycles. The standard InChI is InChI=1S/C19H24O2Si/c1-3-17(15-11-7-5-8-12-15)19(22,4-2)18(20)21-16-13-9-6-10-14-16/h5-14,17H,3-4H2,1-2,22H3. The van der Waals surface area contributed by atoms with Gasteiger partial charge in [0.15, 0.2) is 0 Å². The van der Waals surface area contributed by atoms with Crippen molar-refractivity contribution in [3.63, 3.8) is 0 Å². The molecule has 2 aromatic carbocycles. The first kappa shape index (κ1) is 16.5. The molecule has 0 saturated heterocycles. The lowest BCUT2D eigenvalue weighted by Crippen LogP contribution is -2.34. The third kappa shape index (κ3) is 3.47. The zero-order valence-corrected chi connectivity index (χ0v) is 15.6. The van der Waals surface area contributed by atoms with E-state index in [1.165, 1.54) is 5.56 Å². The van der Waals surface area contributed by atoms with Crippen LogP contribution in [-0.4, -0.2) is 16.2 Å². The lowest BCUT2D eigenvalue weighted by Gasteiger charge is -2.34. The molecule has 116 valence electrons. The van der Waals surface area contributed by atoms with Crippen molar-refractivity contribution in [2.75, 3.05) is 0 Å². The molecule has 0 heterocycles. The molecule has 0 spiro atoms. The largest absolute Gasteiger partial charge is 0.426 e. The van der Waals surface area contributed by atoms with E-state index in [0.717, 1.165) is 23.1 Å². The fourth-order valence-electron chi connectivity index (χ4n) is 2.98. The number of carbonyl (C=O) groups is 1. The zero-order chi connectivity index (χ0) is 16.0. The van der Waals surface area contributed by atoms with E-state index in [0.29, 0.717) is 5.75 Å². The van der Waals surface area contributed by atoms with Gasteiger partial charge in [-0.05, 0) is 36.5 Å². The highest BCUT2D eigenvalue weighted by Crippen LogP contribution is 2.46. The van der Waals surface area contributed by atoms with E-state index in [1.54, 1.807) is 0 Å². The van der Waals surface area contributed by atoms with Crippen LogP contribution in [0.4, 0.5) is 0 Å². The Balaban J connectivity index is 2.28. The van der Waals surface area contributed by atoms with Crippen LogP contribution < -0.4 is 4.74 Å². The van der Waals surface area contributed by atoms with Crippen molar-refractivity contribution in [1.82, 2.24) is 0 Å². The minimum atomic E-state index is -0.397. The maximum Gasteiger partial charge on any atom is 0.314 e. The van der Waals surface area contributed by atoms with Gasteiger partial charge >= 0.3 is 5.97 Å². The maximum atomic E-state index is 12.9. The van der Waals surface area contributed by atoms with Gasteiger partial charge in [-0.3, -0.25) is 4.79 Å². The second kappa shape index (κ2) is 7.41. The van der Waals surface area contributed by atoms with E-state index >= 15 is 0 Å². The van der Waals surface area contributed by atoms with Gasteiger partial charge in [0.2, 0.25) is 0 Å². The van der Waals surface area contributed by atoms with Gasteiger partial charge in [0.1, 0.15) is 5.75 Å². The van der Waals surface area contributed by atoms with Crippen LogP contribution >= 0.6 is 0 Å². The molecule has 0 aliphatic rings. The molecule has 0 radical (unpaired) electrons. The molecule has 0 saturated carbocycles. The van der Waals surface area contributed by atoms with E-state index in [9.17, 15) is 4.79 Å². The van der Waals surface area contributed by atoms with Crippen molar-refractivity contribution in [1.29, 1.82) is 0 Å². The van der Waals surface area contributed by atoms with Gasteiger partial charge < -0.3 is 4.74 Å². The smallest absolute Gasteiger partial charge is 0.314 e. The molecule has 2 nitrogen and oxygen atoms in total. The molecule has 22 heavy (non-hydrogen) atoms. The number of carbonyl (C=O) groups excluding carboxylic acids is 1. The second-order valence-corrected chi connectivity index (χ2v) is 7.63. The quantitative estimate of drug-likeness (QED) is 0.462. The molecule has 2 atom stereocenters. The summed E-state index contributed by atoms with van der Waals surface area (Å²) >= 11 is 0. The molecule has 0 aliphatic heterocycles. The Kier molecular flexibility index (Phi) is 5.55. The fraction of sp³-hybridized carbons (Fsp3) is 0.316. The lowest BCUT2D eigenvalue weighted by atomic mass is 9.81. The summed E-state index contributed by atoms with van der Waals surface area (Å²) in [7, 11) is 0.767. The van der Waals surface area contributed by atoms with Gasteiger partial charge in [0.05, 0.1) is 5.04 Å². The van der Waals surface area contributed by atoms with Gasteiger partial charge in [-0.25, -0.2) is 0 Å². The number of para-hydroxylation sites is 1. The summed E-state index contributed by atoms with van der Waals surface area (Å²) in [5.74, 6) is 0.745. The molecule has 0 fully saturated rings. The van der Waals surface area contributed by atoms with Gasteiger partial charge in [-0.15, -0.1) is 0 Å². The van der Waals surface area contributed by atoms with Crippen molar-refractivity contribution >= 4 is 16.2 Å². The Morgan fingerprint density at radius 2 is 1.59 bits per heavy atom. The Labute approximate surface area is 135 Å². The third-order valence-electron chi connectivity index (χ3n) is 4.53.